The molecule has 0 spiro atoms. The molecule has 47 heavy (non-hydrogen) atoms. The number of esters is 1. The predicted molar refractivity (Wildman–Crippen MR) is 200 cm³/mol. The number of hydrogen-bond donors (Lipinski definition) is 1. The van der Waals surface area contributed by atoms with E-state index in [1.165, 1.54) is 81.0 Å². The lowest BCUT2D eigenvalue weighted by Gasteiger charge is -2.43. The van der Waals surface area contributed by atoms with Gasteiger partial charge in [-0.15, -0.1) is 0 Å². The van der Waals surface area contributed by atoms with Crippen LogP contribution in [0.2, 0.25) is 5.04 Å². The zero-order valence-corrected chi connectivity index (χ0v) is 31.7. The molecule has 0 fully saturated rings. The molecule has 266 valence electrons. The van der Waals surface area contributed by atoms with Gasteiger partial charge in [0.1, 0.15) is 6.10 Å². The summed E-state index contributed by atoms with van der Waals surface area (Å²) in [5.41, 5.74) is 0. The first kappa shape index (κ1) is 41.2. The molecule has 6 heteroatoms. The van der Waals surface area contributed by atoms with Gasteiger partial charge in [-0.3, -0.25) is 4.79 Å². The van der Waals surface area contributed by atoms with Gasteiger partial charge in [-0.25, -0.2) is 0 Å². The third kappa shape index (κ3) is 15.8. The molecule has 5 nitrogen and oxygen atoms in total. The topological polar surface area (TPSA) is 65.0 Å². The highest BCUT2D eigenvalue weighted by atomic mass is 28.4. The second-order valence-electron chi connectivity index (χ2n) is 14.4. The Bertz CT molecular complexity index is 999. The average molecular weight is 669 g/mol. The van der Waals surface area contributed by atoms with Gasteiger partial charge < -0.3 is 19.0 Å². The van der Waals surface area contributed by atoms with Crippen molar-refractivity contribution in [2.24, 2.45) is 0 Å². The smallest absolute Gasteiger partial charge is 0.306 e. The molecule has 0 aliphatic heterocycles. The van der Waals surface area contributed by atoms with Crippen LogP contribution in [0, 0.1) is 0 Å². The lowest BCUT2D eigenvalue weighted by molar-refractivity contribution is -0.150. The summed E-state index contributed by atoms with van der Waals surface area (Å²) in [6.45, 7) is 12.0. The van der Waals surface area contributed by atoms with Crippen molar-refractivity contribution in [1.82, 2.24) is 0 Å². The van der Waals surface area contributed by atoms with Gasteiger partial charge in [0.25, 0.3) is 8.32 Å². The van der Waals surface area contributed by atoms with E-state index in [0.717, 1.165) is 25.7 Å². The summed E-state index contributed by atoms with van der Waals surface area (Å²) >= 11 is 0. The molecule has 2 aromatic rings. The van der Waals surface area contributed by atoms with Gasteiger partial charge in [-0.05, 0) is 34.7 Å². The van der Waals surface area contributed by atoms with Crippen molar-refractivity contribution in [3.05, 3.63) is 60.7 Å². The molecule has 2 atom stereocenters. The number of unbranched alkanes of at least 4 members (excludes halogenated alkanes) is 12. The summed E-state index contributed by atoms with van der Waals surface area (Å²) in [7, 11) is -2.72. The third-order valence-corrected chi connectivity index (χ3v) is 14.2. The van der Waals surface area contributed by atoms with Crippen LogP contribution in [0.5, 0.6) is 0 Å². The molecular formula is C41H68O5Si. The van der Waals surface area contributed by atoms with Crippen LogP contribution >= 0.6 is 0 Å². The maximum Gasteiger partial charge on any atom is 0.306 e. The van der Waals surface area contributed by atoms with Crippen LogP contribution in [-0.4, -0.2) is 51.4 Å². The van der Waals surface area contributed by atoms with Crippen LogP contribution in [0.3, 0.4) is 0 Å². The van der Waals surface area contributed by atoms with Crippen LogP contribution in [0.4, 0.5) is 0 Å². The van der Waals surface area contributed by atoms with E-state index in [9.17, 15) is 9.90 Å². The van der Waals surface area contributed by atoms with E-state index in [2.05, 4.69) is 83.1 Å². The molecule has 0 radical (unpaired) electrons. The van der Waals surface area contributed by atoms with Gasteiger partial charge in [-0.2, -0.15) is 0 Å². The number of benzene rings is 2. The number of aliphatic hydroxyl groups excluding tert-OH is 1. The first-order chi connectivity index (χ1) is 22.7. The number of aliphatic hydroxyl groups is 1. The fraction of sp³-hybridized carbons (Fsp3) is 0.683. The summed E-state index contributed by atoms with van der Waals surface area (Å²) < 4.78 is 18.8. The molecule has 2 aromatic carbocycles. The number of carbonyl (C=O) groups is 1. The maximum atomic E-state index is 12.7. The molecular weight excluding hydrogens is 601 g/mol. The van der Waals surface area contributed by atoms with E-state index in [4.69, 9.17) is 13.9 Å². The number of rotatable bonds is 27. The number of carbonyl (C=O) groups excluding carboxylic acids is 1. The maximum absolute atomic E-state index is 12.7. The van der Waals surface area contributed by atoms with Crippen molar-refractivity contribution < 1.29 is 23.8 Å². The fourth-order valence-electron chi connectivity index (χ4n) is 6.53. The molecule has 0 saturated carbocycles. The molecule has 1 N–H and O–H groups in total. The zero-order valence-electron chi connectivity index (χ0n) is 30.7. The average Bonchev–Trinajstić information content (AvgIpc) is 3.06. The van der Waals surface area contributed by atoms with Crippen molar-refractivity contribution in [2.75, 3.05) is 19.8 Å². The minimum absolute atomic E-state index is 0.0785. The second kappa shape index (κ2) is 24.2. The van der Waals surface area contributed by atoms with Gasteiger partial charge in [0, 0.05) is 12.8 Å². The SMILES string of the molecule is CCCCCCCCCCCC(=O)O[C@H](CCCCCCC)CCOCC(O)CO[Si](c1ccccc1)(c1ccccc1)C(C)(C)C. The van der Waals surface area contributed by atoms with Crippen molar-refractivity contribution in [3.63, 3.8) is 0 Å². The quantitative estimate of drug-likeness (QED) is 0.0584. The fourth-order valence-corrected chi connectivity index (χ4v) is 11.1. The van der Waals surface area contributed by atoms with Crippen LogP contribution in [0.25, 0.3) is 0 Å². The lowest BCUT2D eigenvalue weighted by Crippen LogP contribution is -2.67. The molecule has 0 bridgehead atoms. The molecule has 0 aliphatic carbocycles. The summed E-state index contributed by atoms with van der Waals surface area (Å²) in [5, 5.41) is 13.2. The van der Waals surface area contributed by atoms with E-state index in [-0.39, 0.29) is 30.3 Å². The highest BCUT2D eigenvalue weighted by Gasteiger charge is 2.50. The normalized spacial score (nSPS) is 13.4. The molecule has 2 rings (SSSR count). The van der Waals surface area contributed by atoms with Gasteiger partial charge in [0.15, 0.2) is 0 Å². The van der Waals surface area contributed by atoms with E-state index >= 15 is 0 Å². The molecule has 0 heterocycles. The molecule has 0 saturated heterocycles. The highest BCUT2D eigenvalue weighted by molar-refractivity contribution is 6.99. The molecule has 0 aromatic heterocycles. The van der Waals surface area contributed by atoms with Gasteiger partial charge in [-0.1, -0.05) is 172 Å². The predicted octanol–water partition coefficient (Wildman–Crippen LogP) is 9.52. The summed E-state index contributed by atoms with van der Waals surface area (Å²) in [5.74, 6) is -0.0785. The van der Waals surface area contributed by atoms with Crippen LogP contribution in [0.1, 0.15) is 144 Å². The number of hydrogen-bond acceptors (Lipinski definition) is 5. The standard InChI is InChI=1S/C41H68O5Si/c1-6-8-10-12-13-14-15-17-25-31-40(43)46-37(26-20-16-11-9-7-2)32-33-44-34-36(42)35-45-47(41(3,4)5,38-27-21-18-22-28-38)39-29-23-19-24-30-39/h18-19,21-24,27-30,36-37,42H,6-17,20,25-26,31-35H2,1-5H3/t36?,37-/m1/s1. The van der Waals surface area contributed by atoms with Crippen LogP contribution in [0.15, 0.2) is 60.7 Å². The lowest BCUT2D eigenvalue weighted by atomic mass is 10.1. The minimum atomic E-state index is -2.72. The zero-order chi connectivity index (χ0) is 34.2. The monoisotopic (exact) mass is 668 g/mol. The van der Waals surface area contributed by atoms with Crippen molar-refractivity contribution in [1.29, 1.82) is 0 Å². The Kier molecular flexibility index (Phi) is 21.2. The van der Waals surface area contributed by atoms with Crippen molar-refractivity contribution in [2.45, 2.75) is 161 Å². The van der Waals surface area contributed by atoms with Crippen LogP contribution in [-0.2, 0) is 18.7 Å². The van der Waals surface area contributed by atoms with E-state index in [1.54, 1.807) is 0 Å². The van der Waals surface area contributed by atoms with Gasteiger partial charge >= 0.3 is 5.97 Å². The Morgan fingerprint density at radius 3 is 1.68 bits per heavy atom. The minimum Gasteiger partial charge on any atom is -0.462 e. The first-order valence-electron chi connectivity index (χ1n) is 18.9. The summed E-state index contributed by atoms with van der Waals surface area (Å²) in [6, 6.07) is 21.0. The first-order valence-corrected chi connectivity index (χ1v) is 20.9. The summed E-state index contributed by atoms with van der Waals surface area (Å²) in [4.78, 5) is 12.7. The Hall–Kier alpha value is -1.99. The van der Waals surface area contributed by atoms with E-state index in [1.807, 2.05) is 12.1 Å². The Morgan fingerprint density at radius 1 is 0.681 bits per heavy atom. The van der Waals surface area contributed by atoms with Crippen molar-refractivity contribution >= 4 is 24.7 Å². The Labute approximate surface area is 289 Å². The Balaban J connectivity index is 1.85. The van der Waals surface area contributed by atoms with E-state index < -0.39 is 14.4 Å². The largest absolute Gasteiger partial charge is 0.462 e. The summed E-state index contributed by atoms with van der Waals surface area (Å²) in [6.07, 6.45) is 18.2. The van der Waals surface area contributed by atoms with Gasteiger partial charge in [0.05, 0.1) is 25.9 Å². The number of ether oxygens (including phenoxy) is 2. The third-order valence-electron chi connectivity index (χ3n) is 9.22. The van der Waals surface area contributed by atoms with Gasteiger partial charge in [0.2, 0.25) is 0 Å². The highest BCUT2D eigenvalue weighted by Crippen LogP contribution is 2.36. The molecule has 0 aliphatic rings. The second-order valence-corrected chi connectivity index (χ2v) is 18.7. The Morgan fingerprint density at radius 2 is 1.17 bits per heavy atom. The molecule has 1 unspecified atom stereocenters. The van der Waals surface area contributed by atoms with Crippen LogP contribution < -0.4 is 10.4 Å². The van der Waals surface area contributed by atoms with Crippen molar-refractivity contribution in [3.8, 4) is 0 Å². The molecule has 0 amide bonds. The van der Waals surface area contributed by atoms with E-state index in [0.29, 0.717) is 19.4 Å².